The summed E-state index contributed by atoms with van der Waals surface area (Å²) in [5.41, 5.74) is 0.664. The van der Waals surface area contributed by atoms with Crippen molar-refractivity contribution in [3.8, 4) is 0 Å². The maximum Gasteiger partial charge on any atom is 0.272 e. The van der Waals surface area contributed by atoms with Crippen LogP contribution in [0.2, 0.25) is 0 Å². The van der Waals surface area contributed by atoms with Gasteiger partial charge in [0.2, 0.25) is 0 Å². The van der Waals surface area contributed by atoms with Gasteiger partial charge in [0.1, 0.15) is 0 Å². The first-order valence-electron chi connectivity index (χ1n) is 5.98. The zero-order valence-corrected chi connectivity index (χ0v) is 10.4. The number of carbonyl (C=O) groups excluding carboxylic acids is 1. The van der Waals surface area contributed by atoms with Gasteiger partial charge >= 0.3 is 0 Å². The quantitative estimate of drug-likeness (QED) is 0.646. The number of nitrogens with one attached hydrogen (secondary N) is 3. The van der Waals surface area contributed by atoms with Crippen LogP contribution < -0.4 is 10.9 Å². The molecule has 0 aliphatic heterocycles. The van der Waals surface area contributed by atoms with Gasteiger partial charge in [-0.3, -0.25) is 9.59 Å². The average Bonchev–Trinajstić information content (AvgIpc) is 2.99. The second-order valence-electron chi connectivity index (χ2n) is 4.21. The molecular formula is C13H11N5O2. The molecule has 3 N–H and O–H groups in total. The molecule has 0 aliphatic carbocycles. The molecule has 3 rings (SSSR count). The van der Waals surface area contributed by atoms with E-state index in [1.54, 1.807) is 30.5 Å². The van der Waals surface area contributed by atoms with Gasteiger partial charge in [0.05, 0.1) is 24.0 Å². The minimum atomic E-state index is -0.355. The number of aromatic nitrogens is 4. The van der Waals surface area contributed by atoms with Crippen LogP contribution in [0, 0.1) is 0 Å². The third kappa shape index (κ3) is 2.16. The van der Waals surface area contributed by atoms with Crippen LogP contribution >= 0.6 is 0 Å². The van der Waals surface area contributed by atoms with E-state index in [9.17, 15) is 9.59 Å². The van der Waals surface area contributed by atoms with Crippen molar-refractivity contribution in [2.75, 3.05) is 0 Å². The second kappa shape index (κ2) is 4.96. The Bertz CT molecular complexity index is 807. The first-order valence-corrected chi connectivity index (χ1v) is 5.98. The lowest BCUT2D eigenvalue weighted by atomic mass is 10.1. The van der Waals surface area contributed by atoms with Crippen LogP contribution in [0.15, 0.2) is 41.6 Å². The van der Waals surface area contributed by atoms with Gasteiger partial charge in [0, 0.05) is 11.6 Å². The molecule has 0 saturated heterocycles. The molecule has 0 atom stereocenters. The summed E-state index contributed by atoms with van der Waals surface area (Å²) in [6.07, 6.45) is 3.16. The smallest absolute Gasteiger partial charge is 0.272 e. The summed E-state index contributed by atoms with van der Waals surface area (Å²) >= 11 is 0. The molecule has 0 radical (unpaired) electrons. The van der Waals surface area contributed by atoms with Gasteiger partial charge in [-0.05, 0) is 6.07 Å². The number of hydrogen-bond acceptors (Lipinski definition) is 4. The third-order valence-electron chi connectivity index (χ3n) is 2.91. The topological polar surface area (TPSA) is 104 Å². The van der Waals surface area contributed by atoms with Crippen molar-refractivity contribution in [3.63, 3.8) is 0 Å². The van der Waals surface area contributed by atoms with Gasteiger partial charge in [-0.1, -0.05) is 18.2 Å². The number of amides is 1. The molecule has 0 fully saturated rings. The van der Waals surface area contributed by atoms with Crippen LogP contribution in [0.4, 0.5) is 0 Å². The summed E-state index contributed by atoms with van der Waals surface area (Å²) in [6.45, 7) is 0.313. The van der Waals surface area contributed by atoms with Crippen LogP contribution in [-0.4, -0.2) is 26.1 Å². The molecule has 2 heterocycles. The maximum atomic E-state index is 12.1. The van der Waals surface area contributed by atoms with Gasteiger partial charge in [-0.15, -0.1) is 0 Å². The van der Waals surface area contributed by atoms with Gasteiger partial charge in [-0.25, -0.2) is 10.1 Å². The fourth-order valence-corrected chi connectivity index (χ4v) is 1.93. The normalized spacial score (nSPS) is 10.6. The van der Waals surface area contributed by atoms with Crippen molar-refractivity contribution >= 4 is 16.7 Å². The zero-order valence-electron chi connectivity index (χ0n) is 10.4. The number of imidazole rings is 1. The molecule has 0 aliphatic rings. The molecule has 3 aromatic rings. The Hall–Kier alpha value is -2.96. The van der Waals surface area contributed by atoms with Crippen molar-refractivity contribution < 1.29 is 4.79 Å². The predicted octanol–water partition coefficient (Wildman–Crippen LogP) is 0.576. The fraction of sp³-hybridized carbons (Fsp3) is 0.0769. The minimum absolute atomic E-state index is 0.194. The van der Waals surface area contributed by atoms with Crippen molar-refractivity contribution in [1.82, 2.24) is 25.5 Å². The first-order chi connectivity index (χ1) is 9.75. The standard InChI is InChI=1S/C13H11N5O2/c19-12-10-4-2-1-3-9(10)11(17-18-12)13(20)15-6-8-5-14-7-16-8/h1-5,7H,6H2,(H,14,16)(H,15,20)(H,18,19). The molecule has 100 valence electrons. The molecule has 0 spiro atoms. The van der Waals surface area contributed by atoms with E-state index in [-0.39, 0.29) is 17.2 Å². The summed E-state index contributed by atoms with van der Waals surface area (Å²) < 4.78 is 0. The minimum Gasteiger partial charge on any atom is -0.347 e. The SMILES string of the molecule is O=C(NCc1cnc[nH]1)c1n[nH]c(=O)c2ccccc12. The number of H-pyrrole nitrogens is 2. The van der Waals surface area contributed by atoms with E-state index in [4.69, 9.17) is 0 Å². The van der Waals surface area contributed by atoms with Crippen LogP contribution in [-0.2, 0) is 6.54 Å². The van der Waals surface area contributed by atoms with E-state index in [0.717, 1.165) is 5.69 Å². The Morgan fingerprint density at radius 1 is 1.25 bits per heavy atom. The monoisotopic (exact) mass is 269 g/mol. The van der Waals surface area contributed by atoms with E-state index < -0.39 is 0 Å². The van der Waals surface area contributed by atoms with Gasteiger partial charge in [-0.2, -0.15) is 5.10 Å². The van der Waals surface area contributed by atoms with E-state index in [1.807, 2.05) is 0 Å². The molecule has 0 bridgehead atoms. The molecule has 20 heavy (non-hydrogen) atoms. The highest BCUT2D eigenvalue weighted by Gasteiger charge is 2.13. The number of fused-ring (bicyclic) bond motifs is 1. The number of nitrogens with zero attached hydrogens (tertiary/aromatic N) is 2. The highest BCUT2D eigenvalue weighted by molar-refractivity contribution is 6.04. The first kappa shape index (κ1) is 12.1. The van der Waals surface area contributed by atoms with Crippen molar-refractivity contribution in [2.45, 2.75) is 6.54 Å². The lowest BCUT2D eigenvalue weighted by Gasteiger charge is -2.05. The molecular weight excluding hydrogens is 258 g/mol. The summed E-state index contributed by atoms with van der Waals surface area (Å²) in [6, 6.07) is 6.85. The molecule has 1 aromatic carbocycles. The Balaban J connectivity index is 1.92. The number of rotatable bonds is 3. The van der Waals surface area contributed by atoms with Crippen molar-refractivity contribution in [3.05, 3.63) is 58.5 Å². The zero-order chi connectivity index (χ0) is 13.9. The van der Waals surface area contributed by atoms with E-state index in [2.05, 4.69) is 25.5 Å². The average molecular weight is 269 g/mol. The van der Waals surface area contributed by atoms with Crippen molar-refractivity contribution in [1.29, 1.82) is 0 Å². The Morgan fingerprint density at radius 3 is 2.80 bits per heavy atom. The predicted molar refractivity (Wildman–Crippen MR) is 72.1 cm³/mol. The molecule has 2 aromatic heterocycles. The van der Waals surface area contributed by atoms with Gasteiger partial charge in [0.15, 0.2) is 5.69 Å². The second-order valence-corrected chi connectivity index (χ2v) is 4.21. The maximum absolute atomic E-state index is 12.1. The number of carbonyl (C=O) groups is 1. The van der Waals surface area contributed by atoms with Crippen molar-refractivity contribution in [2.24, 2.45) is 0 Å². The Morgan fingerprint density at radius 2 is 2.05 bits per heavy atom. The van der Waals surface area contributed by atoms with Gasteiger partial charge < -0.3 is 10.3 Å². The highest BCUT2D eigenvalue weighted by atomic mass is 16.2. The number of hydrogen-bond donors (Lipinski definition) is 3. The number of benzene rings is 1. The summed E-state index contributed by atoms with van der Waals surface area (Å²) in [7, 11) is 0. The highest BCUT2D eigenvalue weighted by Crippen LogP contribution is 2.12. The molecule has 0 saturated carbocycles. The summed E-state index contributed by atoms with van der Waals surface area (Å²) in [5.74, 6) is -0.355. The molecule has 0 unspecified atom stereocenters. The van der Waals surface area contributed by atoms with E-state index in [1.165, 1.54) is 6.33 Å². The fourth-order valence-electron chi connectivity index (χ4n) is 1.93. The van der Waals surface area contributed by atoms with E-state index in [0.29, 0.717) is 17.3 Å². The largest absolute Gasteiger partial charge is 0.347 e. The molecule has 7 heteroatoms. The van der Waals surface area contributed by atoms with Crippen LogP contribution in [0.25, 0.3) is 10.8 Å². The van der Waals surface area contributed by atoms with Gasteiger partial charge in [0.25, 0.3) is 11.5 Å². The van der Waals surface area contributed by atoms with Crippen LogP contribution in [0.1, 0.15) is 16.2 Å². The lowest BCUT2D eigenvalue weighted by Crippen LogP contribution is -2.26. The van der Waals surface area contributed by atoms with Crippen LogP contribution in [0.3, 0.4) is 0 Å². The Kier molecular flexibility index (Phi) is 3.00. The lowest BCUT2D eigenvalue weighted by molar-refractivity contribution is 0.0946. The molecule has 7 nitrogen and oxygen atoms in total. The Labute approximate surface area is 113 Å². The number of aromatic amines is 2. The third-order valence-corrected chi connectivity index (χ3v) is 2.91. The summed E-state index contributed by atoms with van der Waals surface area (Å²) in [4.78, 5) is 30.5. The summed E-state index contributed by atoms with van der Waals surface area (Å²) in [5, 5.41) is 9.84. The molecule has 1 amide bonds. The van der Waals surface area contributed by atoms with Crippen LogP contribution in [0.5, 0.6) is 0 Å². The van der Waals surface area contributed by atoms with E-state index >= 15 is 0 Å².